The maximum atomic E-state index is 9.94. The standard InChI is InChI=1S/C16H18ClNO/c1-11-3-8-15(16(19)9-11)12(2)18-10-13-4-6-14(17)7-5-13/h3-9,12,18-19H,10H2,1-2H3. The molecule has 2 nitrogen and oxygen atoms in total. The first-order valence-corrected chi connectivity index (χ1v) is 6.71. The summed E-state index contributed by atoms with van der Waals surface area (Å²) in [5, 5.41) is 14.1. The van der Waals surface area contributed by atoms with Crippen LogP contribution in [-0.4, -0.2) is 5.11 Å². The normalized spacial score (nSPS) is 12.4. The van der Waals surface area contributed by atoms with Crippen LogP contribution in [0, 0.1) is 6.92 Å². The topological polar surface area (TPSA) is 32.3 Å². The van der Waals surface area contributed by atoms with Crippen LogP contribution in [0.5, 0.6) is 5.75 Å². The Balaban J connectivity index is 2.01. The Hall–Kier alpha value is -1.51. The van der Waals surface area contributed by atoms with E-state index >= 15 is 0 Å². The van der Waals surface area contributed by atoms with E-state index in [0.717, 1.165) is 22.7 Å². The number of benzene rings is 2. The van der Waals surface area contributed by atoms with Crippen molar-refractivity contribution in [2.45, 2.75) is 26.4 Å². The molecular weight excluding hydrogens is 258 g/mol. The van der Waals surface area contributed by atoms with E-state index in [2.05, 4.69) is 5.32 Å². The van der Waals surface area contributed by atoms with Crippen molar-refractivity contribution in [1.82, 2.24) is 5.32 Å². The Morgan fingerprint density at radius 2 is 1.84 bits per heavy atom. The van der Waals surface area contributed by atoms with Gasteiger partial charge in [0.25, 0.3) is 0 Å². The van der Waals surface area contributed by atoms with Crippen LogP contribution in [-0.2, 0) is 6.54 Å². The zero-order valence-corrected chi connectivity index (χ0v) is 11.9. The summed E-state index contributed by atoms with van der Waals surface area (Å²) in [5.74, 6) is 0.344. The van der Waals surface area contributed by atoms with E-state index in [9.17, 15) is 5.11 Å². The zero-order chi connectivity index (χ0) is 13.8. The molecule has 0 aliphatic carbocycles. The summed E-state index contributed by atoms with van der Waals surface area (Å²) < 4.78 is 0. The predicted octanol–water partition coefficient (Wildman–Crippen LogP) is 4.20. The Kier molecular flexibility index (Phi) is 4.46. The maximum absolute atomic E-state index is 9.94. The average Bonchev–Trinajstić information content (AvgIpc) is 2.37. The van der Waals surface area contributed by atoms with E-state index in [1.807, 2.05) is 50.2 Å². The molecule has 0 aliphatic rings. The summed E-state index contributed by atoms with van der Waals surface area (Å²) in [4.78, 5) is 0. The molecule has 0 spiro atoms. The van der Waals surface area contributed by atoms with Crippen LogP contribution in [0.1, 0.15) is 29.7 Å². The second-order valence-corrected chi connectivity index (χ2v) is 5.23. The lowest BCUT2D eigenvalue weighted by atomic mass is 10.0. The number of hydrogen-bond donors (Lipinski definition) is 2. The van der Waals surface area contributed by atoms with Crippen molar-refractivity contribution >= 4 is 11.6 Å². The van der Waals surface area contributed by atoms with Gasteiger partial charge in [-0.05, 0) is 43.2 Å². The van der Waals surface area contributed by atoms with Crippen LogP contribution in [0.25, 0.3) is 0 Å². The lowest BCUT2D eigenvalue weighted by Gasteiger charge is -2.16. The van der Waals surface area contributed by atoms with Crippen molar-refractivity contribution in [3.63, 3.8) is 0 Å². The fourth-order valence-electron chi connectivity index (χ4n) is 2.00. The SMILES string of the molecule is Cc1ccc(C(C)NCc2ccc(Cl)cc2)c(O)c1. The van der Waals surface area contributed by atoms with Crippen molar-refractivity contribution in [3.8, 4) is 5.75 Å². The molecule has 0 radical (unpaired) electrons. The summed E-state index contributed by atoms with van der Waals surface area (Å²) >= 11 is 5.85. The molecule has 2 N–H and O–H groups in total. The number of aryl methyl sites for hydroxylation is 1. The summed E-state index contributed by atoms with van der Waals surface area (Å²) in [6.45, 7) is 4.75. The predicted molar refractivity (Wildman–Crippen MR) is 79.6 cm³/mol. The molecule has 0 saturated carbocycles. The molecule has 2 rings (SSSR count). The molecule has 0 bridgehead atoms. The molecule has 0 aliphatic heterocycles. The molecule has 0 amide bonds. The van der Waals surface area contributed by atoms with E-state index in [1.165, 1.54) is 5.56 Å². The number of nitrogens with one attached hydrogen (secondary N) is 1. The molecule has 3 heteroatoms. The molecular formula is C16H18ClNO. The van der Waals surface area contributed by atoms with E-state index in [4.69, 9.17) is 11.6 Å². The number of phenolic OH excluding ortho intramolecular Hbond substituents is 1. The molecule has 100 valence electrons. The number of halogens is 1. The van der Waals surface area contributed by atoms with Gasteiger partial charge in [-0.3, -0.25) is 0 Å². The molecule has 0 aromatic heterocycles. The highest BCUT2D eigenvalue weighted by Crippen LogP contribution is 2.25. The molecule has 0 heterocycles. The van der Waals surface area contributed by atoms with Crippen molar-refractivity contribution in [2.75, 3.05) is 0 Å². The van der Waals surface area contributed by atoms with E-state index < -0.39 is 0 Å². The number of hydrogen-bond acceptors (Lipinski definition) is 2. The van der Waals surface area contributed by atoms with Gasteiger partial charge in [0.15, 0.2) is 0 Å². The maximum Gasteiger partial charge on any atom is 0.120 e. The monoisotopic (exact) mass is 275 g/mol. The van der Waals surface area contributed by atoms with Crippen molar-refractivity contribution in [3.05, 3.63) is 64.2 Å². The Bertz CT molecular complexity index is 551. The van der Waals surface area contributed by atoms with Gasteiger partial charge in [-0.15, -0.1) is 0 Å². The van der Waals surface area contributed by atoms with E-state index in [-0.39, 0.29) is 6.04 Å². The first-order valence-electron chi connectivity index (χ1n) is 6.33. The van der Waals surface area contributed by atoms with E-state index in [1.54, 1.807) is 6.07 Å². The van der Waals surface area contributed by atoms with Crippen LogP contribution in [0.2, 0.25) is 5.02 Å². The van der Waals surface area contributed by atoms with Gasteiger partial charge < -0.3 is 10.4 Å². The van der Waals surface area contributed by atoms with Crippen LogP contribution >= 0.6 is 11.6 Å². The Morgan fingerprint density at radius 1 is 1.16 bits per heavy atom. The quantitative estimate of drug-likeness (QED) is 0.876. The van der Waals surface area contributed by atoms with Crippen LogP contribution in [0.15, 0.2) is 42.5 Å². The van der Waals surface area contributed by atoms with Crippen molar-refractivity contribution in [2.24, 2.45) is 0 Å². The third-order valence-corrected chi connectivity index (χ3v) is 3.43. The van der Waals surface area contributed by atoms with Gasteiger partial charge in [-0.1, -0.05) is 35.9 Å². The first-order chi connectivity index (χ1) is 9.06. The van der Waals surface area contributed by atoms with Gasteiger partial charge in [0.2, 0.25) is 0 Å². The minimum atomic E-state index is 0.0938. The van der Waals surface area contributed by atoms with Gasteiger partial charge in [0.1, 0.15) is 5.75 Å². The van der Waals surface area contributed by atoms with Crippen LogP contribution in [0.4, 0.5) is 0 Å². The zero-order valence-electron chi connectivity index (χ0n) is 11.2. The number of aromatic hydroxyl groups is 1. The molecule has 19 heavy (non-hydrogen) atoms. The van der Waals surface area contributed by atoms with Crippen LogP contribution < -0.4 is 5.32 Å². The molecule has 1 unspecified atom stereocenters. The number of phenols is 1. The summed E-state index contributed by atoms with van der Waals surface area (Å²) in [6.07, 6.45) is 0. The molecule has 2 aromatic carbocycles. The lowest BCUT2D eigenvalue weighted by molar-refractivity contribution is 0.452. The van der Waals surface area contributed by atoms with Gasteiger partial charge in [-0.2, -0.15) is 0 Å². The second kappa shape index (κ2) is 6.09. The highest BCUT2D eigenvalue weighted by molar-refractivity contribution is 6.30. The molecule has 0 saturated heterocycles. The van der Waals surface area contributed by atoms with Gasteiger partial charge in [0.05, 0.1) is 0 Å². The second-order valence-electron chi connectivity index (χ2n) is 4.79. The van der Waals surface area contributed by atoms with Gasteiger partial charge >= 0.3 is 0 Å². The van der Waals surface area contributed by atoms with Crippen molar-refractivity contribution in [1.29, 1.82) is 0 Å². The van der Waals surface area contributed by atoms with E-state index in [0.29, 0.717) is 5.75 Å². The summed E-state index contributed by atoms with van der Waals surface area (Å²) in [6, 6.07) is 13.6. The molecule has 1 atom stereocenters. The van der Waals surface area contributed by atoms with Crippen LogP contribution in [0.3, 0.4) is 0 Å². The Morgan fingerprint density at radius 3 is 2.47 bits per heavy atom. The highest BCUT2D eigenvalue weighted by Gasteiger charge is 2.09. The summed E-state index contributed by atoms with van der Waals surface area (Å²) in [7, 11) is 0. The Labute approximate surface area is 119 Å². The smallest absolute Gasteiger partial charge is 0.120 e. The highest BCUT2D eigenvalue weighted by atomic mass is 35.5. The fourth-order valence-corrected chi connectivity index (χ4v) is 2.13. The largest absolute Gasteiger partial charge is 0.508 e. The number of rotatable bonds is 4. The van der Waals surface area contributed by atoms with Crippen molar-refractivity contribution < 1.29 is 5.11 Å². The minimum Gasteiger partial charge on any atom is -0.508 e. The average molecular weight is 276 g/mol. The summed E-state index contributed by atoms with van der Waals surface area (Å²) in [5.41, 5.74) is 3.15. The molecule has 2 aromatic rings. The fraction of sp³-hybridized carbons (Fsp3) is 0.250. The third kappa shape index (κ3) is 3.72. The van der Waals surface area contributed by atoms with Gasteiger partial charge in [0, 0.05) is 23.2 Å². The third-order valence-electron chi connectivity index (χ3n) is 3.18. The molecule has 0 fully saturated rings. The lowest BCUT2D eigenvalue weighted by Crippen LogP contribution is -2.18. The van der Waals surface area contributed by atoms with Gasteiger partial charge in [-0.25, -0.2) is 0 Å². The first kappa shape index (κ1) is 13.9. The minimum absolute atomic E-state index is 0.0938.